The number of amides is 1. The molecule has 0 aliphatic carbocycles. The fourth-order valence-corrected chi connectivity index (χ4v) is 6.07. The van der Waals surface area contributed by atoms with Gasteiger partial charge in [0.25, 0.3) is 15.9 Å². The van der Waals surface area contributed by atoms with Crippen LogP contribution in [-0.4, -0.2) is 26.4 Å². The van der Waals surface area contributed by atoms with Gasteiger partial charge in [0.2, 0.25) is 0 Å². The summed E-state index contributed by atoms with van der Waals surface area (Å²) in [5, 5.41) is 0.543. The molecule has 0 N–H and O–H groups in total. The monoisotopic (exact) mass is 517 g/mol. The number of benzene rings is 3. The van der Waals surface area contributed by atoms with E-state index in [0.717, 1.165) is 15.8 Å². The van der Waals surface area contributed by atoms with Crippen LogP contribution in [0.3, 0.4) is 0 Å². The molecule has 0 aliphatic heterocycles. The molecule has 0 atom stereocenters. The van der Waals surface area contributed by atoms with E-state index >= 15 is 0 Å². The Bertz CT molecular complexity index is 1610. The number of aryl methyl sites for hydroxylation is 1. The number of carbonyl (C=O) groups is 1. The Morgan fingerprint density at radius 1 is 0.944 bits per heavy atom. The van der Waals surface area contributed by atoms with E-state index < -0.39 is 10.0 Å². The zero-order chi connectivity index (χ0) is 25.3. The van der Waals surface area contributed by atoms with E-state index in [4.69, 9.17) is 9.40 Å². The van der Waals surface area contributed by atoms with Crippen LogP contribution in [0.1, 0.15) is 21.7 Å². The molecule has 2 heterocycles. The number of aromatic nitrogens is 1. The number of sulfonamides is 1. The van der Waals surface area contributed by atoms with Gasteiger partial charge < -0.3 is 4.42 Å². The van der Waals surface area contributed by atoms with Gasteiger partial charge in [-0.05, 0) is 67.1 Å². The van der Waals surface area contributed by atoms with E-state index in [1.807, 2.05) is 31.2 Å². The van der Waals surface area contributed by atoms with Crippen molar-refractivity contribution in [3.05, 3.63) is 108 Å². The normalized spacial score (nSPS) is 11.5. The van der Waals surface area contributed by atoms with Crippen molar-refractivity contribution in [2.24, 2.45) is 0 Å². The molecule has 3 aromatic carbocycles. The van der Waals surface area contributed by atoms with Crippen molar-refractivity contribution in [1.82, 2.24) is 4.98 Å². The molecular weight excluding hydrogens is 494 g/mol. The van der Waals surface area contributed by atoms with Gasteiger partial charge in [-0.3, -0.25) is 14.0 Å². The highest BCUT2D eigenvalue weighted by Crippen LogP contribution is 2.32. The van der Waals surface area contributed by atoms with Crippen LogP contribution in [0.25, 0.3) is 10.2 Å². The molecule has 0 saturated heterocycles. The summed E-state index contributed by atoms with van der Waals surface area (Å²) >= 11 is 1.42. The summed E-state index contributed by atoms with van der Waals surface area (Å²) in [5.41, 5.74) is 2.77. The van der Waals surface area contributed by atoms with Crippen LogP contribution in [0, 0.1) is 6.92 Å². The Kier molecular flexibility index (Phi) is 6.34. The van der Waals surface area contributed by atoms with Gasteiger partial charge >= 0.3 is 0 Å². The summed E-state index contributed by atoms with van der Waals surface area (Å²) in [6.07, 6.45) is 1.56. The van der Waals surface area contributed by atoms with Crippen molar-refractivity contribution in [3.8, 4) is 0 Å². The van der Waals surface area contributed by atoms with Crippen molar-refractivity contribution in [2.75, 3.05) is 16.3 Å². The lowest BCUT2D eigenvalue weighted by atomic mass is 10.2. The molecule has 36 heavy (non-hydrogen) atoms. The number of hydrogen-bond donors (Lipinski definition) is 0. The standard InChI is InChI=1S/C27H23N3O4S2/c1-19-8-6-12-24-25(19)28-27(35-24)30(18-22-11-7-17-34-22)26(31)20-13-15-23(16-14-20)36(32,33)29(2)21-9-4-3-5-10-21/h3-17H,18H2,1-2H3. The molecule has 1 amide bonds. The molecule has 0 fully saturated rings. The lowest BCUT2D eigenvalue weighted by Gasteiger charge is -2.21. The van der Waals surface area contributed by atoms with E-state index in [2.05, 4.69) is 0 Å². The maximum atomic E-state index is 13.6. The highest BCUT2D eigenvalue weighted by molar-refractivity contribution is 7.92. The van der Waals surface area contributed by atoms with Crippen molar-refractivity contribution in [2.45, 2.75) is 18.4 Å². The fourth-order valence-electron chi connectivity index (χ4n) is 3.83. The lowest BCUT2D eigenvalue weighted by molar-refractivity contribution is 0.0983. The second-order valence-corrected chi connectivity index (χ2v) is 11.2. The zero-order valence-corrected chi connectivity index (χ0v) is 21.3. The van der Waals surface area contributed by atoms with Gasteiger partial charge in [0.15, 0.2) is 5.13 Å². The molecule has 182 valence electrons. The van der Waals surface area contributed by atoms with Crippen molar-refractivity contribution in [1.29, 1.82) is 0 Å². The molecule has 2 aromatic heterocycles. The number of fused-ring (bicyclic) bond motifs is 1. The minimum atomic E-state index is -3.79. The first-order valence-electron chi connectivity index (χ1n) is 11.2. The highest BCUT2D eigenvalue weighted by Gasteiger charge is 2.25. The second kappa shape index (κ2) is 9.60. The quantitative estimate of drug-likeness (QED) is 0.270. The fraction of sp³-hybridized carbons (Fsp3) is 0.111. The number of anilines is 2. The number of furan rings is 1. The molecule has 7 nitrogen and oxygen atoms in total. The SMILES string of the molecule is Cc1cccc2sc(N(Cc3ccco3)C(=O)c3ccc(S(=O)(=O)N(C)c4ccccc4)cc3)nc12. The molecule has 0 bridgehead atoms. The van der Waals surface area contributed by atoms with Crippen LogP contribution in [0.15, 0.2) is 101 Å². The summed E-state index contributed by atoms with van der Waals surface area (Å²) in [4.78, 5) is 20.0. The molecule has 0 radical (unpaired) electrons. The Hall–Kier alpha value is -3.95. The van der Waals surface area contributed by atoms with Gasteiger partial charge in [0.1, 0.15) is 5.76 Å². The van der Waals surface area contributed by atoms with Gasteiger partial charge in [-0.1, -0.05) is 41.7 Å². The first-order chi connectivity index (χ1) is 17.3. The van der Waals surface area contributed by atoms with E-state index in [1.54, 1.807) is 47.6 Å². The minimum absolute atomic E-state index is 0.0959. The van der Waals surface area contributed by atoms with E-state index in [1.165, 1.54) is 47.0 Å². The van der Waals surface area contributed by atoms with Crippen LogP contribution < -0.4 is 9.21 Å². The molecule has 5 aromatic rings. The van der Waals surface area contributed by atoms with E-state index in [9.17, 15) is 13.2 Å². The maximum Gasteiger partial charge on any atom is 0.264 e. The Balaban J connectivity index is 1.47. The highest BCUT2D eigenvalue weighted by atomic mass is 32.2. The largest absolute Gasteiger partial charge is 0.467 e. The summed E-state index contributed by atoms with van der Waals surface area (Å²) in [5.74, 6) is 0.312. The average molecular weight is 518 g/mol. The van der Waals surface area contributed by atoms with Crippen LogP contribution in [0.4, 0.5) is 10.8 Å². The average Bonchev–Trinajstić information content (AvgIpc) is 3.57. The van der Waals surface area contributed by atoms with Crippen LogP contribution >= 0.6 is 11.3 Å². The zero-order valence-electron chi connectivity index (χ0n) is 19.7. The number of carbonyl (C=O) groups excluding carboxylic acids is 1. The van der Waals surface area contributed by atoms with Crippen LogP contribution in [-0.2, 0) is 16.6 Å². The van der Waals surface area contributed by atoms with Crippen molar-refractivity contribution < 1.29 is 17.6 Å². The van der Waals surface area contributed by atoms with Gasteiger partial charge in [0.05, 0.1) is 33.6 Å². The predicted molar refractivity (Wildman–Crippen MR) is 142 cm³/mol. The summed E-state index contributed by atoms with van der Waals surface area (Å²) in [6.45, 7) is 2.18. The number of hydrogen-bond acceptors (Lipinski definition) is 6. The van der Waals surface area contributed by atoms with Gasteiger partial charge in [0, 0.05) is 12.6 Å². The van der Waals surface area contributed by atoms with Gasteiger partial charge in [-0.15, -0.1) is 0 Å². The van der Waals surface area contributed by atoms with Gasteiger partial charge in [-0.2, -0.15) is 0 Å². The number of nitrogens with zero attached hydrogens (tertiary/aromatic N) is 3. The molecule has 0 aliphatic rings. The Morgan fingerprint density at radius 2 is 1.69 bits per heavy atom. The third kappa shape index (κ3) is 4.50. The minimum Gasteiger partial charge on any atom is -0.467 e. The summed E-state index contributed by atoms with van der Waals surface area (Å²) < 4.78 is 33.9. The number of rotatable bonds is 7. The first kappa shape index (κ1) is 23.8. The predicted octanol–water partition coefficient (Wildman–Crippen LogP) is 5.87. The lowest BCUT2D eigenvalue weighted by Crippen LogP contribution is -2.30. The van der Waals surface area contributed by atoms with E-state index in [0.29, 0.717) is 22.1 Å². The number of thiazole rings is 1. The van der Waals surface area contributed by atoms with E-state index in [-0.39, 0.29) is 17.3 Å². The molecule has 0 spiro atoms. The third-order valence-electron chi connectivity index (χ3n) is 5.86. The van der Waals surface area contributed by atoms with Crippen molar-refractivity contribution >= 4 is 48.3 Å². The van der Waals surface area contributed by atoms with Gasteiger partial charge in [-0.25, -0.2) is 13.4 Å². The van der Waals surface area contributed by atoms with Crippen LogP contribution in [0.5, 0.6) is 0 Å². The van der Waals surface area contributed by atoms with Crippen molar-refractivity contribution in [3.63, 3.8) is 0 Å². The summed E-state index contributed by atoms with van der Waals surface area (Å²) in [7, 11) is -2.28. The number of para-hydroxylation sites is 2. The Morgan fingerprint density at radius 3 is 2.36 bits per heavy atom. The second-order valence-electron chi connectivity index (χ2n) is 8.22. The molecule has 0 unspecified atom stereocenters. The molecular formula is C27H23N3O4S2. The molecule has 9 heteroatoms. The molecule has 0 saturated carbocycles. The third-order valence-corrected chi connectivity index (χ3v) is 8.70. The van der Waals surface area contributed by atoms with Crippen LogP contribution in [0.2, 0.25) is 0 Å². The Labute approximate surface area is 213 Å². The topological polar surface area (TPSA) is 83.7 Å². The first-order valence-corrected chi connectivity index (χ1v) is 13.4. The summed E-state index contributed by atoms with van der Waals surface area (Å²) in [6, 6.07) is 24.3. The molecule has 5 rings (SSSR count). The smallest absolute Gasteiger partial charge is 0.264 e. The maximum absolute atomic E-state index is 13.6.